The van der Waals surface area contributed by atoms with E-state index in [1.54, 1.807) is 0 Å². The van der Waals surface area contributed by atoms with Crippen molar-refractivity contribution < 1.29 is 4.74 Å². The van der Waals surface area contributed by atoms with Crippen LogP contribution in [-0.4, -0.2) is 17.3 Å². The maximum atomic E-state index is 6.50. The van der Waals surface area contributed by atoms with Crippen molar-refractivity contribution in [3.63, 3.8) is 0 Å². The van der Waals surface area contributed by atoms with Crippen molar-refractivity contribution in [1.82, 2.24) is 4.98 Å². The van der Waals surface area contributed by atoms with Gasteiger partial charge in [0.05, 0.1) is 6.61 Å². The van der Waals surface area contributed by atoms with Crippen LogP contribution in [0.1, 0.15) is 102 Å². The number of benzene rings is 1. The van der Waals surface area contributed by atoms with E-state index in [-0.39, 0.29) is 0 Å². The molecule has 0 fully saturated rings. The summed E-state index contributed by atoms with van der Waals surface area (Å²) in [5.74, 6) is 2.08. The highest BCUT2D eigenvalue weighted by Gasteiger charge is 2.19. The average molecular weight is 506 g/mol. The Kier molecular flexibility index (Phi) is 13.7. The van der Waals surface area contributed by atoms with Crippen LogP contribution in [0.25, 0.3) is 11.1 Å². The molecule has 0 bridgehead atoms. The third-order valence-corrected chi connectivity index (χ3v) is 7.25. The van der Waals surface area contributed by atoms with Crippen molar-refractivity contribution in [3.8, 4) is 0 Å². The van der Waals surface area contributed by atoms with Gasteiger partial charge in [0.25, 0.3) is 0 Å². The Morgan fingerprint density at radius 2 is 1.78 bits per heavy atom. The summed E-state index contributed by atoms with van der Waals surface area (Å²) < 4.78 is 6.50. The summed E-state index contributed by atoms with van der Waals surface area (Å²) in [5, 5.41) is 0. The molecular formula is C33H47NOS. The van der Waals surface area contributed by atoms with Gasteiger partial charge in [0, 0.05) is 22.3 Å². The third kappa shape index (κ3) is 9.00. The second kappa shape index (κ2) is 16.5. The fraction of sp³-hybridized carbons (Fsp3) is 0.485. The standard InChI is InChI=1S/C33H47NOS/c1-8-12-14-15-16-21-35-32(20-13-9-2)26(6)33(31-22-25(5)24-34-27(31)7)30(10-3)28-18-17-19-29(23-28)36-11-4/h10,17-20,22-24H,8-9,11-16,21H2,1-7H3/b30-10-,32-20+,33-26+. The Labute approximate surface area is 225 Å². The molecule has 0 atom stereocenters. The first-order chi connectivity index (χ1) is 17.5. The molecule has 3 heteroatoms. The zero-order chi connectivity index (χ0) is 26.3. The molecule has 2 aromatic rings. The highest BCUT2D eigenvalue weighted by Crippen LogP contribution is 2.39. The molecule has 1 aromatic heterocycles. The molecule has 0 N–H and O–H groups in total. The highest BCUT2D eigenvalue weighted by atomic mass is 32.2. The topological polar surface area (TPSA) is 22.1 Å². The van der Waals surface area contributed by atoms with Gasteiger partial charge in [-0.2, -0.15) is 0 Å². The van der Waals surface area contributed by atoms with Crippen molar-refractivity contribution in [2.75, 3.05) is 12.4 Å². The number of pyridine rings is 1. The van der Waals surface area contributed by atoms with E-state index in [0.29, 0.717) is 0 Å². The molecule has 0 aliphatic carbocycles. The Bertz CT molecular complexity index is 1050. The molecular weight excluding hydrogens is 458 g/mol. The van der Waals surface area contributed by atoms with Gasteiger partial charge in [-0.1, -0.05) is 71.1 Å². The summed E-state index contributed by atoms with van der Waals surface area (Å²) in [6, 6.07) is 11.2. The van der Waals surface area contributed by atoms with Gasteiger partial charge >= 0.3 is 0 Å². The van der Waals surface area contributed by atoms with Gasteiger partial charge in [-0.3, -0.25) is 4.98 Å². The Hall–Kier alpha value is -2.26. The van der Waals surface area contributed by atoms with E-state index in [1.807, 2.05) is 18.0 Å². The molecule has 1 aromatic carbocycles. The molecule has 0 unspecified atom stereocenters. The van der Waals surface area contributed by atoms with Gasteiger partial charge in [-0.15, -0.1) is 11.8 Å². The van der Waals surface area contributed by atoms with Crippen LogP contribution in [0.2, 0.25) is 0 Å². The Balaban J connectivity index is 2.60. The molecule has 196 valence electrons. The van der Waals surface area contributed by atoms with Crippen molar-refractivity contribution in [1.29, 1.82) is 0 Å². The van der Waals surface area contributed by atoms with Gasteiger partial charge in [-0.05, 0) is 98.4 Å². The zero-order valence-corrected chi connectivity index (χ0v) is 24.6. The molecule has 0 saturated carbocycles. The lowest BCUT2D eigenvalue weighted by Gasteiger charge is -2.21. The predicted molar refractivity (Wildman–Crippen MR) is 160 cm³/mol. The SMILES string of the molecule is C\C=C(/C(=C(C)\C(=C/CCC)OCCCCCCC)c1cc(C)cnc1C)c1cccc(SCC)c1. The maximum Gasteiger partial charge on any atom is 0.118 e. The number of rotatable bonds is 15. The van der Waals surface area contributed by atoms with Gasteiger partial charge in [0.2, 0.25) is 0 Å². The normalized spacial score (nSPS) is 13.1. The van der Waals surface area contributed by atoms with Crippen LogP contribution in [-0.2, 0) is 4.74 Å². The van der Waals surface area contributed by atoms with Crippen LogP contribution in [0.4, 0.5) is 0 Å². The molecule has 2 nitrogen and oxygen atoms in total. The van der Waals surface area contributed by atoms with Gasteiger partial charge in [-0.25, -0.2) is 0 Å². The van der Waals surface area contributed by atoms with Crippen molar-refractivity contribution in [2.24, 2.45) is 0 Å². The second-order valence-electron chi connectivity index (χ2n) is 9.43. The Morgan fingerprint density at radius 3 is 2.47 bits per heavy atom. The molecule has 0 spiro atoms. The number of aryl methyl sites for hydroxylation is 2. The quantitative estimate of drug-likeness (QED) is 0.104. The minimum absolute atomic E-state index is 0.767. The van der Waals surface area contributed by atoms with Crippen molar-refractivity contribution >= 4 is 22.9 Å². The first-order valence-electron chi connectivity index (χ1n) is 13.8. The first kappa shape index (κ1) is 30.0. The van der Waals surface area contributed by atoms with Gasteiger partial charge in [0.15, 0.2) is 0 Å². The highest BCUT2D eigenvalue weighted by molar-refractivity contribution is 7.99. The largest absolute Gasteiger partial charge is 0.494 e. The average Bonchev–Trinajstić information content (AvgIpc) is 2.88. The van der Waals surface area contributed by atoms with Crippen molar-refractivity contribution in [3.05, 3.63) is 82.4 Å². The minimum atomic E-state index is 0.767. The van der Waals surface area contributed by atoms with Crippen LogP contribution in [0.15, 0.2) is 64.9 Å². The molecule has 0 amide bonds. The minimum Gasteiger partial charge on any atom is -0.494 e. The van der Waals surface area contributed by atoms with E-state index in [4.69, 9.17) is 9.72 Å². The van der Waals surface area contributed by atoms with Crippen molar-refractivity contribution in [2.45, 2.75) is 98.3 Å². The van der Waals surface area contributed by atoms with E-state index in [1.165, 1.54) is 64.0 Å². The van der Waals surface area contributed by atoms with Gasteiger partial charge < -0.3 is 4.74 Å². The number of thioether (sulfide) groups is 1. The molecule has 0 radical (unpaired) electrons. The number of nitrogens with zero attached hydrogens (tertiary/aromatic N) is 1. The predicted octanol–water partition coefficient (Wildman–Crippen LogP) is 10.4. The van der Waals surface area contributed by atoms with Crippen LogP contribution < -0.4 is 0 Å². The summed E-state index contributed by atoms with van der Waals surface area (Å²) >= 11 is 1.88. The van der Waals surface area contributed by atoms with Crippen LogP contribution >= 0.6 is 11.8 Å². The number of ether oxygens (including phenoxy) is 1. The zero-order valence-electron chi connectivity index (χ0n) is 23.7. The number of aromatic nitrogens is 1. The monoisotopic (exact) mass is 505 g/mol. The summed E-state index contributed by atoms with van der Waals surface area (Å²) in [6.07, 6.45) is 14.8. The van der Waals surface area contributed by atoms with Gasteiger partial charge in [0.1, 0.15) is 5.76 Å². The number of allylic oxidation sites excluding steroid dienone is 5. The number of hydrogen-bond donors (Lipinski definition) is 0. The van der Waals surface area contributed by atoms with E-state index in [2.05, 4.69) is 91.0 Å². The lowest BCUT2D eigenvalue weighted by molar-refractivity contribution is 0.211. The number of unbranched alkanes of at least 4 members (excludes halogenated alkanes) is 5. The third-order valence-electron chi connectivity index (χ3n) is 6.38. The second-order valence-corrected chi connectivity index (χ2v) is 10.8. The van der Waals surface area contributed by atoms with Crippen LogP contribution in [0.5, 0.6) is 0 Å². The number of hydrogen-bond acceptors (Lipinski definition) is 3. The molecule has 0 aliphatic rings. The smallest absolute Gasteiger partial charge is 0.118 e. The fourth-order valence-electron chi connectivity index (χ4n) is 4.42. The first-order valence-corrected chi connectivity index (χ1v) is 14.8. The van der Waals surface area contributed by atoms with E-state index >= 15 is 0 Å². The fourth-order valence-corrected chi connectivity index (χ4v) is 5.14. The molecule has 1 heterocycles. The van der Waals surface area contributed by atoms with E-state index in [9.17, 15) is 0 Å². The maximum absolute atomic E-state index is 6.50. The lowest BCUT2D eigenvalue weighted by Crippen LogP contribution is -2.04. The van der Waals surface area contributed by atoms with Crippen LogP contribution in [0, 0.1) is 13.8 Å². The summed E-state index contributed by atoms with van der Waals surface area (Å²) in [6.45, 7) is 16.1. The summed E-state index contributed by atoms with van der Waals surface area (Å²) in [7, 11) is 0. The lowest BCUT2D eigenvalue weighted by atomic mass is 9.87. The molecule has 36 heavy (non-hydrogen) atoms. The Morgan fingerprint density at radius 1 is 1.00 bits per heavy atom. The molecule has 0 aliphatic heterocycles. The molecule has 0 saturated heterocycles. The van der Waals surface area contributed by atoms with E-state index < -0.39 is 0 Å². The van der Waals surface area contributed by atoms with E-state index in [0.717, 1.165) is 43.1 Å². The van der Waals surface area contributed by atoms with Crippen LogP contribution in [0.3, 0.4) is 0 Å². The molecule has 2 rings (SSSR count). The summed E-state index contributed by atoms with van der Waals surface area (Å²) in [5.41, 5.74) is 8.27. The summed E-state index contributed by atoms with van der Waals surface area (Å²) in [4.78, 5) is 6.04.